The number of aromatic nitrogens is 4. The van der Waals surface area contributed by atoms with Crippen LogP contribution in [0.3, 0.4) is 0 Å². The van der Waals surface area contributed by atoms with E-state index in [0.717, 1.165) is 22.2 Å². The summed E-state index contributed by atoms with van der Waals surface area (Å²) >= 11 is 0. The quantitative estimate of drug-likeness (QED) is 0.600. The summed E-state index contributed by atoms with van der Waals surface area (Å²) in [4.78, 5) is 8.56. The minimum absolute atomic E-state index is 0.0441. The average Bonchev–Trinajstić information content (AvgIpc) is 3.13. The van der Waals surface area contributed by atoms with Crippen molar-refractivity contribution in [1.82, 2.24) is 19.7 Å². The molecule has 110 valence electrons. The van der Waals surface area contributed by atoms with E-state index in [2.05, 4.69) is 20.4 Å². The maximum atomic E-state index is 8.92. The van der Waals surface area contributed by atoms with Crippen LogP contribution in [-0.4, -0.2) is 31.5 Å². The van der Waals surface area contributed by atoms with Gasteiger partial charge in [0.25, 0.3) is 0 Å². The van der Waals surface area contributed by atoms with Crippen molar-refractivity contribution in [3.05, 3.63) is 43.0 Å². The van der Waals surface area contributed by atoms with Crippen molar-refractivity contribution in [3.8, 4) is 0 Å². The molecule has 0 bridgehead atoms. The molecule has 22 heavy (non-hydrogen) atoms. The van der Waals surface area contributed by atoms with Gasteiger partial charge in [-0.3, -0.25) is 4.68 Å². The Labute approximate surface area is 125 Å². The molecule has 0 aliphatic heterocycles. The maximum Gasteiger partial charge on any atom is 0.196 e. The fourth-order valence-electron chi connectivity index (χ4n) is 2.40. The van der Waals surface area contributed by atoms with E-state index in [1.165, 1.54) is 6.33 Å². The molecule has 4 rings (SSSR count). The molecule has 0 unspecified atom stereocenters. The van der Waals surface area contributed by atoms with Crippen LogP contribution >= 0.6 is 0 Å². The summed E-state index contributed by atoms with van der Waals surface area (Å²) < 4.78 is 7.51. The highest BCUT2D eigenvalue weighted by Gasteiger charge is 2.13. The zero-order valence-electron chi connectivity index (χ0n) is 11.6. The Balaban J connectivity index is 1.77. The molecule has 0 saturated carbocycles. The molecule has 3 heterocycles. The van der Waals surface area contributed by atoms with Gasteiger partial charge in [0.1, 0.15) is 17.4 Å². The summed E-state index contributed by atoms with van der Waals surface area (Å²) in [6.45, 7) is 0.494. The highest BCUT2D eigenvalue weighted by Crippen LogP contribution is 2.31. The van der Waals surface area contributed by atoms with Crippen molar-refractivity contribution in [3.63, 3.8) is 0 Å². The van der Waals surface area contributed by atoms with Crippen LogP contribution in [0.5, 0.6) is 0 Å². The number of fused-ring (bicyclic) bond motifs is 3. The highest BCUT2D eigenvalue weighted by atomic mass is 16.3. The van der Waals surface area contributed by atoms with Gasteiger partial charge in [0, 0.05) is 11.6 Å². The number of nitrogens with zero attached hydrogens (tertiary/aromatic N) is 4. The number of furan rings is 1. The first kappa shape index (κ1) is 12.8. The SMILES string of the molecule is OCCn1cc(Nc2ncnc3c2oc2ccccc23)cn1. The minimum Gasteiger partial charge on any atom is -0.450 e. The Morgan fingerprint density at radius 1 is 1.23 bits per heavy atom. The molecule has 0 radical (unpaired) electrons. The second-order valence-corrected chi connectivity index (χ2v) is 4.84. The van der Waals surface area contributed by atoms with Crippen molar-refractivity contribution in [2.45, 2.75) is 6.54 Å². The van der Waals surface area contributed by atoms with Crippen molar-refractivity contribution >= 4 is 33.6 Å². The Kier molecular flexibility index (Phi) is 2.97. The van der Waals surface area contributed by atoms with Gasteiger partial charge in [-0.25, -0.2) is 9.97 Å². The third-order valence-corrected chi connectivity index (χ3v) is 3.38. The molecule has 0 spiro atoms. The van der Waals surface area contributed by atoms with E-state index in [-0.39, 0.29) is 6.61 Å². The lowest BCUT2D eigenvalue weighted by molar-refractivity contribution is 0.269. The molecule has 1 aromatic carbocycles. The van der Waals surface area contributed by atoms with Gasteiger partial charge < -0.3 is 14.8 Å². The Hall–Kier alpha value is -2.93. The van der Waals surface area contributed by atoms with E-state index >= 15 is 0 Å². The summed E-state index contributed by atoms with van der Waals surface area (Å²) in [5.41, 5.74) is 2.93. The van der Waals surface area contributed by atoms with Crippen LogP contribution in [0.15, 0.2) is 47.4 Å². The standard InChI is InChI=1S/C15H13N5O2/c21-6-5-20-8-10(7-18-20)19-15-14-13(16-9-17-15)11-3-1-2-4-12(11)22-14/h1-4,7-9,21H,5-6H2,(H,16,17,19). The van der Waals surface area contributed by atoms with Gasteiger partial charge in [0.05, 0.1) is 25.0 Å². The number of aliphatic hydroxyl groups excluding tert-OH is 1. The van der Waals surface area contributed by atoms with Crippen LogP contribution in [0.1, 0.15) is 0 Å². The maximum absolute atomic E-state index is 8.92. The van der Waals surface area contributed by atoms with Gasteiger partial charge in [0.2, 0.25) is 0 Å². The molecule has 0 fully saturated rings. The third kappa shape index (κ3) is 2.08. The predicted octanol–water partition coefficient (Wildman–Crippen LogP) is 2.31. The van der Waals surface area contributed by atoms with Crippen molar-refractivity contribution in [2.24, 2.45) is 0 Å². The molecule has 7 nitrogen and oxygen atoms in total. The first-order valence-electron chi connectivity index (χ1n) is 6.88. The molecule has 3 aromatic heterocycles. The van der Waals surface area contributed by atoms with E-state index in [1.807, 2.05) is 24.3 Å². The number of rotatable bonds is 4. The molecule has 4 aromatic rings. The Morgan fingerprint density at radius 3 is 3.05 bits per heavy atom. The zero-order chi connectivity index (χ0) is 14.9. The second kappa shape index (κ2) is 5.12. The van der Waals surface area contributed by atoms with Crippen LogP contribution in [0.4, 0.5) is 11.5 Å². The average molecular weight is 295 g/mol. The number of anilines is 2. The number of nitrogens with one attached hydrogen (secondary N) is 1. The van der Waals surface area contributed by atoms with Gasteiger partial charge in [-0.1, -0.05) is 12.1 Å². The zero-order valence-corrected chi connectivity index (χ0v) is 11.6. The van der Waals surface area contributed by atoms with Gasteiger partial charge >= 0.3 is 0 Å². The summed E-state index contributed by atoms with van der Waals surface area (Å²) in [7, 11) is 0. The molecule has 0 aliphatic rings. The van der Waals surface area contributed by atoms with Crippen molar-refractivity contribution in [1.29, 1.82) is 0 Å². The van der Waals surface area contributed by atoms with Crippen molar-refractivity contribution < 1.29 is 9.52 Å². The molecular formula is C15H13N5O2. The smallest absolute Gasteiger partial charge is 0.196 e. The van der Waals surface area contributed by atoms with Gasteiger partial charge in [0.15, 0.2) is 11.4 Å². The largest absolute Gasteiger partial charge is 0.450 e. The molecule has 2 N–H and O–H groups in total. The number of para-hydroxylation sites is 1. The Bertz CT molecular complexity index is 943. The van der Waals surface area contributed by atoms with E-state index in [0.29, 0.717) is 17.9 Å². The van der Waals surface area contributed by atoms with Gasteiger partial charge in [-0.05, 0) is 12.1 Å². The van der Waals surface area contributed by atoms with Crippen LogP contribution in [-0.2, 0) is 6.54 Å². The Morgan fingerprint density at radius 2 is 2.14 bits per heavy atom. The van der Waals surface area contributed by atoms with Crippen LogP contribution in [0.25, 0.3) is 22.1 Å². The fourth-order valence-corrected chi connectivity index (χ4v) is 2.40. The fraction of sp³-hybridized carbons (Fsp3) is 0.133. The normalized spacial score (nSPS) is 11.3. The summed E-state index contributed by atoms with van der Waals surface area (Å²) in [6, 6.07) is 7.74. The number of benzene rings is 1. The molecule has 7 heteroatoms. The van der Waals surface area contributed by atoms with Gasteiger partial charge in [-0.15, -0.1) is 0 Å². The predicted molar refractivity (Wildman–Crippen MR) is 81.9 cm³/mol. The van der Waals surface area contributed by atoms with Crippen LogP contribution < -0.4 is 5.32 Å². The first-order chi connectivity index (χ1) is 10.8. The molecule has 0 atom stereocenters. The topological polar surface area (TPSA) is 89.0 Å². The van der Waals surface area contributed by atoms with Crippen LogP contribution in [0, 0.1) is 0 Å². The summed E-state index contributed by atoms with van der Waals surface area (Å²) in [5.74, 6) is 0.588. The lowest BCUT2D eigenvalue weighted by Crippen LogP contribution is -2.01. The molecular weight excluding hydrogens is 282 g/mol. The van der Waals surface area contributed by atoms with E-state index < -0.39 is 0 Å². The monoisotopic (exact) mass is 295 g/mol. The number of hydrogen-bond donors (Lipinski definition) is 2. The minimum atomic E-state index is 0.0441. The molecule has 0 saturated heterocycles. The van der Waals surface area contributed by atoms with Crippen LogP contribution in [0.2, 0.25) is 0 Å². The number of aliphatic hydroxyl groups is 1. The van der Waals surface area contributed by atoms with Gasteiger partial charge in [-0.2, -0.15) is 5.10 Å². The first-order valence-corrected chi connectivity index (χ1v) is 6.88. The lowest BCUT2D eigenvalue weighted by atomic mass is 10.2. The lowest BCUT2D eigenvalue weighted by Gasteiger charge is -2.02. The molecule has 0 amide bonds. The second-order valence-electron chi connectivity index (χ2n) is 4.84. The summed E-state index contributed by atoms with van der Waals surface area (Å²) in [5, 5.41) is 17.2. The van der Waals surface area contributed by atoms with Crippen molar-refractivity contribution in [2.75, 3.05) is 11.9 Å². The summed E-state index contributed by atoms with van der Waals surface area (Å²) in [6.07, 6.45) is 4.98. The highest BCUT2D eigenvalue weighted by molar-refractivity contribution is 6.05. The van der Waals surface area contributed by atoms with E-state index in [9.17, 15) is 0 Å². The molecule has 0 aliphatic carbocycles. The third-order valence-electron chi connectivity index (χ3n) is 3.38. The number of hydrogen-bond acceptors (Lipinski definition) is 6. The van der Waals surface area contributed by atoms with E-state index in [4.69, 9.17) is 9.52 Å². The van der Waals surface area contributed by atoms with E-state index in [1.54, 1.807) is 17.1 Å².